The minimum absolute atomic E-state index is 0.106. The highest BCUT2D eigenvalue weighted by molar-refractivity contribution is 7.47. The zero-order chi connectivity index (χ0) is 70.7. The van der Waals surface area contributed by atoms with Gasteiger partial charge in [-0.1, -0.05) is 350 Å². The number of ether oxygens (including phenoxy) is 4. The lowest BCUT2D eigenvalue weighted by Crippen LogP contribution is -2.30. The summed E-state index contributed by atoms with van der Waals surface area (Å²) in [6.45, 7) is 9.54. The molecule has 0 aliphatic carbocycles. The summed E-state index contributed by atoms with van der Waals surface area (Å²) in [5.74, 6) is -0.561. The van der Waals surface area contributed by atoms with E-state index in [4.69, 9.17) is 37.0 Å². The Morgan fingerprint density at radius 3 is 0.708 bits per heavy atom. The van der Waals surface area contributed by atoms with Crippen LogP contribution in [0.15, 0.2) is 0 Å². The molecule has 0 fully saturated rings. The number of unbranched alkanes of at least 4 members (excludes halogenated alkanes) is 46. The van der Waals surface area contributed by atoms with Crippen molar-refractivity contribution in [3.05, 3.63) is 0 Å². The van der Waals surface area contributed by atoms with Crippen LogP contribution in [0.3, 0.4) is 0 Å². The van der Waals surface area contributed by atoms with Gasteiger partial charge in [-0.05, 0) is 37.5 Å². The molecule has 96 heavy (non-hydrogen) atoms. The third kappa shape index (κ3) is 70.5. The lowest BCUT2D eigenvalue weighted by atomic mass is 10.0. The second-order valence-electron chi connectivity index (χ2n) is 28.7. The van der Waals surface area contributed by atoms with Gasteiger partial charge in [-0.2, -0.15) is 0 Å². The highest BCUT2D eigenvalue weighted by Gasteiger charge is 2.30. The Morgan fingerprint density at radius 2 is 0.479 bits per heavy atom. The van der Waals surface area contributed by atoms with Gasteiger partial charge in [-0.3, -0.25) is 37.3 Å². The van der Waals surface area contributed by atoms with E-state index in [0.717, 1.165) is 108 Å². The molecule has 0 aromatic rings. The number of hydrogen-bond donors (Lipinski definition) is 3. The number of aliphatic hydroxyl groups is 1. The Morgan fingerprint density at radius 1 is 0.281 bits per heavy atom. The van der Waals surface area contributed by atoms with Crippen LogP contribution < -0.4 is 0 Å². The molecule has 0 bridgehead atoms. The summed E-state index contributed by atoms with van der Waals surface area (Å²) < 4.78 is 68.3. The summed E-state index contributed by atoms with van der Waals surface area (Å²) in [5, 5.41) is 10.6. The molecule has 0 spiro atoms. The van der Waals surface area contributed by atoms with Crippen molar-refractivity contribution in [3.63, 3.8) is 0 Å². The molecule has 0 aliphatic rings. The molecule has 0 radical (unpaired) electrons. The minimum Gasteiger partial charge on any atom is -0.462 e. The summed E-state index contributed by atoms with van der Waals surface area (Å²) >= 11 is 0. The Hall–Kier alpha value is -1.94. The zero-order valence-corrected chi connectivity index (χ0v) is 64.5. The van der Waals surface area contributed by atoms with Gasteiger partial charge < -0.3 is 33.8 Å². The first kappa shape index (κ1) is 94.1. The van der Waals surface area contributed by atoms with Crippen molar-refractivity contribution in [1.82, 2.24) is 0 Å². The van der Waals surface area contributed by atoms with Crippen LogP contribution in [0.2, 0.25) is 0 Å². The van der Waals surface area contributed by atoms with Gasteiger partial charge in [0.15, 0.2) is 12.2 Å². The van der Waals surface area contributed by atoms with Crippen molar-refractivity contribution >= 4 is 39.5 Å². The van der Waals surface area contributed by atoms with Crippen LogP contribution in [0.4, 0.5) is 0 Å². The van der Waals surface area contributed by atoms with E-state index in [1.807, 2.05) is 0 Å². The molecule has 19 heteroatoms. The van der Waals surface area contributed by atoms with Crippen LogP contribution in [0.5, 0.6) is 0 Å². The molecule has 17 nitrogen and oxygen atoms in total. The van der Waals surface area contributed by atoms with Gasteiger partial charge >= 0.3 is 39.5 Å². The second kappa shape index (κ2) is 68.8. The molecule has 3 N–H and O–H groups in total. The van der Waals surface area contributed by atoms with E-state index < -0.39 is 97.5 Å². The first-order valence-electron chi connectivity index (χ1n) is 40.0. The zero-order valence-electron chi connectivity index (χ0n) is 62.7. The molecule has 0 rings (SSSR count). The van der Waals surface area contributed by atoms with Crippen LogP contribution in [-0.4, -0.2) is 96.7 Å². The fourth-order valence-corrected chi connectivity index (χ4v) is 13.4. The van der Waals surface area contributed by atoms with E-state index in [-0.39, 0.29) is 25.7 Å². The van der Waals surface area contributed by atoms with Crippen molar-refractivity contribution in [3.8, 4) is 0 Å². The predicted octanol–water partition coefficient (Wildman–Crippen LogP) is 22.7. The standard InChI is InChI=1S/C77H150O17P2/c1-7-9-11-13-14-15-16-17-18-19-20-21-22-23-28-33-38-43-49-55-61-77(82)94-73(66-88-75(80)60-54-48-42-37-32-27-25-24-26-30-35-40-46-51-57-69(3)4)68-92-96(85,86)90-64-71(78)63-89-95(83,84)91-67-72(65-87-74(79)59-53-45-12-10-8-2)93-76(81)62-56-50-44-39-34-29-31-36-41-47-52-58-70(5)6/h69-73,78H,7-68H2,1-6H3,(H,83,84)(H,85,86)/t71-,72+,73+/m0/s1. The number of esters is 4. The van der Waals surface area contributed by atoms with Crippen LogP contribution in [0.1, 0.15) is 401 Å². The third-order valence-electron chi connectivity index (χ3n) is 18.0. The summed E-state index contributed by atoms with van der Waals surface area (Å²) in [4.78, 5) is 72.6. The van der Waals surface area contributed by atoms with Gasteiger partial charge in [0.25, 0.3) is 0 Å². The van der Waals surface area contributed by atoms with Crippen LogP contribution in [0.25, 0.3) is 0 Å². The Balaban J connectivity index is 5.13. The van der Waals surface area contributed by atoms with Gasteiger partial charge in [0.05, 0.1) is 26.4 Å². The van der Waals surface area contributed by atoms with Crippen molar-refractivity contribution in [2.45, 2.75) is 419 Å². The molecule has 0 aromatic heterocycles. The van der Waals surface area contributed by atoms with E-state index in [9.17, 15) is 43.2 Å². The molecule has 0 heterocycles. The van der Waals surface area contributed by atoms with Crippen molar-refractivity contribution < 1.29 is 80.2 Å². The molecular formula is C77H150O17P2. The van der Waals surface area contributed by atoms with Gasteiger partial charge in [0.1, 0.15) is 19.3 Å². The lowest BCUT2D eigenvalue weighted by molar-refractivity contribution is -0.161. The number of phosphoric ester groups is 2. The number of aliphatic hydroxyl groups excluding tert-OH is 1. The molecule has 5 atom stereocenters. The monoisotopic (exact) mass is 1410 g/mol. The third-order valence-corrected chi connectivity index (χ3v) is 19.9. The summed E-state index contributed by atoms with van der Waals surface area (Å²) in [5.41, 5.74) is 0. The average Bonchev–Trinajstić information content (AvgIpc) is 1.55. The first-order chi connectivity index (χ1) is 46.4. The minimum atomic E-state index is -4.96. The fourth-order valence-electron chi connectivity index (χ4n) is 11.8. The van der Waals surface area contributed by atoms with Crippen LogP contribution >= 0.6 is 15.6 Å². The highest BCUT2D eigenvalue weighted by atomic mass is 31.2. The molecular weight excluding hydrogens is 1260 g/mol. The number of rotatable bonds is 76. The normalized spacial score (nSPS) is 14.0. The Kier molecular flexibility index (Phi) is 67.4. The predicted molar refractivity (Wildman–Crippen MR) is 391 cm³/mol. The number of carbonyl (C=O) groups is 4. The SMILES string of the molecule is CCCCCCCCCCCCCCCCCCCCCCC(=O)O[C@H](COC(=O)CCCCCCCCCCCCCCCCC(C)C)COP(=O)(O)OC[C@@H](O)COP(=O)(O)OC[C@@H](COC(=O)CCCCCCC)OC(=O)CCCCCCCCCCCCCC(C)C. The van der Waals surface area contributed by atoms with Gasteiger partial charge in [-0.15, -0.1) is 0 Å². The molecule has 0 saturated carbocycles. The molecule has 0 saturated heterocycles. The molecule has 0 aliphatic heterocycles. The average molecular weight is 1410 g/mol. The van der Waals surface area contributed by atoms with Crippen molar-refractivity contribution in [2.75, 3.05) is 39.6 Å². The van der Waals surface area contributed by atoms with E-state index in [2.05, 4.69) is 41.5 Å². The smallest absolute Gasteiger partial charge is 0.462 e. The largest absolute Gasteiger partial charge is 0.472 e. The topological polar surface area (TPSA) is 237 Å². The van der Waals surface area contributed by atoms with E-state index in [1.165, 1.54) is 212 Å². The summed E-state index contributed by atoms with van der Waals surface area (Å²) in [7, 11) is -9.90. The quantitative estimate of drug-likeness (QED) is 0.0222. The summed E-state index contributed by atoms with van der Waals surface area (Å²) in [6, 6.07) is 0. The van der Waals surface area contributed by atoms with Crippen molar-refractivity contribution in [2.24, 2.45) is 11.8 Å². The van der Waals surface area contributed by atoms with Gasteiger partial charge in [0, 0.05) is 25.7 Å². The Labute approximate surface area is 588 Å². The van der Waals surface area contributed by atoms with E-state index in [0.29, 0.717) is 25.7 Å². The second-order valence-corrected chi connectivity index (χ2v) is 31.6. The van der Waals surface area contributed by atoms with Crippen LogP contribution in [-0.2, 0) is 65.4 Å². The maximum atomic E-state index is 13.1. The van der Waals surface area contributed by atoms with Crippen molar-refractivity contribution in [1.29, 1.82) is 0 Å². The van der Waals surface area contributed by atoms with E-state index >= 15 is 0 Å². The maximum absolute atomic E-state index is 13.1. The highest BCUT2D eigenvalue weighted by Crippen LogP contribution is 2.45. The number of hydrogen-bond acceptors (Lipinski definition) is 15. The van der Waals surface area contributed by atoms with Crippen LogP contribution in [0, 0.1) is 11.8 Å². The number of carbonyl (C=O) groups excluding carboxylic acids is 4. The first-order valence-corrected chi connectivity index (χ1v) is 43.0. The molecule has 570 valence electrons. The maximum Gasteiger partial charge on any atom is 0.472 e. The summed E-state index contributed by atoms with van der Waals surface area (Å²) in [6.07, 6.45) is 57.4. The van der Waals surface area contributed by atoms with Gasteiger partial charge in [-0.25, -0.2) is 9.13 Å². The fraction of sp³-hybridized carbons (Fsp3) is 0.948. The van der Waals surface area contributed by atoms with E-state index in [1.54, 1.807) is 0 Å². The molecule has 0 aromatic carbocycles. The molecule has 2 unspecified atom stereocenters. The lowest BCUT2D eigenvalue weighted by Gasteiger charge is -2.21. The molecule has 0 amide bonds. The van der Waals surface area contributed by atoms with Gasteiger partial charge in [0.2, 0.25) is 0 Å². The number of phosphoric acid groups is 2. The Bertz CT molecular complexity index is 1860.